The molecule has 1 fully saturated rings. The van der Waals surface area contributed by atoms with Crippen LogP contribution in [0.4, 0.5) is 0 Å². The molecule has 1 aliphatic carbocycles. The standard InChI is InChI=1S/C20H26N2O2S/c1-3-21(16-10-5-4-6-11-16)19(23)13-22-18(14-25-20(22)24)17-12-8-7-9-15(17)2/h7-9,12,14,16H,3-6,10-11,13H2,1-2H3. The first-order valence-corrected chi connectivity index (χ1v) is 10.0. The Balaban J connectivity index is 1.85. The molecule has 0 spiro atoms. The molecular weight excluding hydrogens is 332 g/mol. The molecule has 1 amide bonds. The molecule has 0 unspecified atom stereocenters. The highest BCUT2D eigenvalue weighted by Crippen LogP contribution is 2.25. The lowest BCUT2D eigenvalue weighted by Gasteiger charge is -2.33. The van der Waals surface area contributed by atoms with Crippen molar-refractivity contribution in [1.82, 2.24) is 9.47 Å². The van der Waals surface area contributed by atoms with Gasteiger partial charge in [-0.1, -0.05) is 54.9 Å². The highest BCUT2D eigenvalue weighted by molar-refractivity contribution is 7.07. The fraction of sp³-hybridized carbons (Fsp3) is 0.500. The van der Waals surface area contributed by atoms with Crippen molar-refractivity contribution in [3.05, 3.63) is 44.9 Å². The Morgan fingerprint density at radius 1 is 1.24 bits per heavy atom. The zero-order valence-electron chi connectivity index (χ0n) is 15.0. The van der Waals surface area contributed by atoms with Gasteiger partial charge in [0.05, 0.1) is 5.69 Å². The average Bonchev–Trinajstić information content (AvgIpc) is 2.97. The number of aryl methyl sites for hydroxylation is 1. The summed E-state index contributed by atoms with van der Waals surface area (Å²) >= 11 is 1.17. The van der Waals surface area contributed by atoms with Gasteiger partial charge in [0, 0.05) is 23.5 Å². The first-order valence-electron chi connectivity index (χ1n) is 9.15. The quantitative estimate of drug-likeness (QED) is 0.809. The number of thiazole rings is 1. The predicted molar refractivity (Wildman–Crippen MR) is 103 cm³/mol. The molecule has 0 saturated heterocycles. The van der Waals surface area contributed by atoms with E-state index in [2.05, 4.69) is 0 Å². The largest absolute Gasteiger partial charge is 0.338 e. The fourth-order valence-corrected chi connectivity index (χ4v) is 4.56. The maximum absolute atomic E-state index is 12.9. The van der Waals surface area contributed by atoms with Crippen molar-refractivity contribution < 1.29 is 4.79 Å². The first-order chi connectivity index (χ1) is 12.1. The molecule has 0 aliphatic heterocycles. The highest BCUT2D eigenvalue weighted by Gasteiger charge is 2.25. The van der Waals surface area contributed by atoms with E-state index in [1.807, 2.05) is 48.4 Å². The Morgan fingerprint density at radius 3 is 2.64 bits per heavy atom. The lowest BCUT2D eigenvalue weighted by atomic mass is 9.94. The van der Waals surface area contributed by atoms with Gasteiger partial charge >= 0.3 is 4.87 Å². The van der Waals surface area contributed by atoms with Crippen LogP contribution in [0.15, 0.2) is 34.4 Å². The van der Waals surface area contributed by atoms with E-state index in [0.29, 0.717) is 12.6 Å². The van der Waals surface area contributed by atoms with Crippen LogP contribution in [0, 0.1) is 6.92 Å². The van der Waals surface area contributed by atoms with Gasteiger partial charge in [0.25, 0.3) is 0 Å². The van der Waals surface area contributed by atoms with Gasteiger partial charge in [0.15, 0.2) is 0 Å². The molecule has 4 nitrogen and oxygen atoms in total. The molecule has 0 bridgehead atoms. The molecule has 1 saturated carbocycles. The molecule has 3 rings (SSSR count). The summed E-state index contributed by atoms with van der Waals surface area (Å²) in [6.45, 7) is 4.91. The summed E-state index contributed by atoms with van der Waals surface area (Å²) in [6, 6.07) is 8.33. The normalized spacial score (nSPS) is 15.3. The number of rotatable bonds is 5. The van der Waals surface area contributed by atoms with Crippen LogP contribution in [0.1, 0.15) is 44.6 Å². The average molecular weight is 359 g/mol. The van der Waals surface area contributed by atoms with Gasteiger partial charge in [0.1, 0.15) is 6.54 Å². The van der Waals surface area contributed by atoms with Crippen molar-refractivity contribution in [2.75, 3.05) is 6.54 Å². The second-order valence-electron chi connectivity index (χ2n) is 6.76. The fourth-order valence-electron chi connectivity index (χ4n) is 3.81. The molecular formula is C20H26N2O2S. The molecule has 0 N–H and O–H groups in total. The number of aromatic nitrogens is 1. The lowest BCUT2D eigenvalue weighted by molar-refractivity contribution is -0.134. The van der Waals surface area contributed by atoms with Crippen molar-refractivity contribution in [2.45, 2.75) is 58.5 Å². The van der Waals surface area contributed by atoms with Crippen LogP contribution in [0.3, 0.4) is 0 Å². The Hall–Kier alpha value is -1.88. The lowest BCUT2D eigenvalue weighted by Crippen LogP contribution is -2.43. The third-order valence-electron chi connectivity index (χ3n) is 5.17. The van der Waals surface area contributed by atoms with Crippen molar-refractivity contribution in [2.24, 2.45) is 0 Å². The van der Waals surface area contributed by atoms with Crippen LogP contribution in [-0.2, 0) is 11.3 Å². The van der Waals surface area contributed by atoms with E-state index in [4.69, 9.17) is 0 Å². The van der Waals surface area contributed by atoms with Gasteiger partial charge in [-0.2, -0.15) is 0 Å². The molecule has 2 aromatic rings. The molecule has 1 aromatic heterocycles. The van der Waals surface area contributed by atoms with Crippen LogP contribution in [0.5, 0.6) is 0 Å². The molecule has 1 aliphatic rings. The minimum atomic E-state index is -0.0636. The van der Waals surface area contributed by atoms with Gasteiger partial charge in [-0.05, 0) is 32.3 Å². The van der Waals surface area contributed by atoms with E-state index < -0.39 is 0 Å². The van der Waals surface area contributed by atoms with Gasteiger partial charge < -0.3 is 4.90 Å². The first kappa shape index (κ1) is 17.9. The number of hydrogen-bond donors (Lipinski definition) is 0. The van der Waals surface area contributed by atoms with E-state index in [-0.39, 0.29) is 17.3 Å². The molecule has 1 aromatic carbocycles. The van der Waals surface area contributed by atoms with Crippen molar-refractivity contribution in [3.63, 3.8) is 0 Å². The minimum Gasteiger partial charge on any atom is -0.338 e. The molecule has 1 heterocycles. The topological polar surface area (TPSA) is 42.3 Å². The van der Waals surface area contributed by atoms with E-state index in [0.717, 1.165) is 29.7 Å². The Bertz CT molecular complexity index is 787. The van der Waals surface area contributed by atoms with E-state index >= 15 is 0 Å². The molecule has 134 valence electrons. The second kappa shape index (κ2) is 8.00. The number of hydrogen-bond acceptors (Lipinski definition) is 3. The highest BCUT2D eigenvalue weighted by atomic mass is 32.1. The van der Waals surface area contributed by atoms with E-state index in [9.17, 15) is 9.59 Å². The third-order valence-corrected chi connectivity index (χ3v) is 5.94. The van der Waals surface area contributed by atoms with Crippen LogP contribution in [0.25, 0.3) is 11.3 Å². The molecule has 5 heteroatoms. The molecule has 0 radical (unpaired) electrons. The van der Waals surface area contributed by atoms with Crippen LogP contribution in [0.2, 0.25) is 0 Å². The van der Waals surface area contributed by atoms with E-state index in [1.54, 1.807) is 4.57 Å². The predicted octanol–water partition coefficient (Wildman–Crippen LogP) is 4.07. The second-order valence-corrected chi connectivity index (χ2v) is 7.58. The molecule has 0 atom stereocenters. The Morgan fingerprint density at radius 2 is 1.96 bits per heavy atom. The number of carbonyl (C=O) groups excluding carboxylic acids is 1. The summed E-state index contributed by atoms with van der Waals surface area (Å²) in [5.41, 5.74) is 2.98. The SMILES string of the molecule is CCN(C(=O)Cn1c(-c2ccccc2C)csc1=O)C1CCCCC1. The summed E-state index contributed by atoms with van der Waals surface area (Å²) in [5.74, 6) is 0.0599. The van der Waals surface area contributed by atoms with Crippen LogP contribution >= 0.6 is 11.3 Å². The third kappa shape index (κ3) is 3.87. The summed E-state index contributed by atoms with van der Waals surface area (Å²) < 4.78 is 1.64. The maximum Gasteiger partial charge on any atom is 0.308 e. The Kier molecular flexibility index (Phi) is 5.74. The number of carbonyl (C=O) groups is 1. The maximum atomic E-state index is 12.9. The number of likely N-dealkylation sites (N-methyl/N-ethyl adjacent to an activating group) is 1. The Labute approximate surface area is 153 Å². The smallest absolute Gasteiger partial charge is 0.308 e. The summed E-state index contributed by atoms with van der Waals surface area (Å²) in [6.07, 6.45) is 5.83. The number of amides is 1. The van der Waals surface area contributed by atoms with Crippen LogP contribution < -0.4 is 4.87 Å². The van der Waals surface area contributed by atoms with Gasteiger partial charge in [-0.15, -0.1) is 0 Å². The minimum absolute atomic E-state index is 0.0599. The van der Waals surface area contributed by atoms with Crippen molar-refractivity contribution in [1.29, 1.82) is 0 Å². The number of nitrogens with zero attached hydrogens (tertiary/aromatic N) is 2. The number of benzene rings is 1. The van der Waals surface area contributed by atoms with Gasteiger partial charge in [-0.25, -0.2) is 0 Å². The van der Waals surface area contributed by atoms with Gasteiger partial charge in [0.2, 0.25) is 5.91 Å². The van der Waals surface area contributed by atoms with Crippen molar-refractivity contribution >= 4 is 17.2 Å². The summed E-state index contributed by atoms with van der Waals surface area (Å²) in [7, 11) is 0. The summed E-state index contributed by atoms with van der Waals surface area (Å²) in [4.78, 5) is 27.2. The zero-order valence-corrected chi connectivity index (χ0v) is 15.8. The summed E-state index contributed by atoms with van der Waals surface area (Å²) in [5, 5.41) is 1.87. The van der Waals surface area contributed by atoms with Crippen LogP contribution in [-0.4, -0.2) is 28.0 Å². The molecule has 25 heavy (non-hydrogen) atoms. The van der Waals surface area contributed by atoms with Crippen molar-refractivity contribution in [3.8, 4) is 11.3 Å². The monoisotopic (exact) mass is 358 g/mol. The van der Waals surface area contributed by atoms with E-state index in [1.165, 1.54) is 30.6 Å². The van der Waals surface area contributed by atoms with Gasteiger partial charge in [-0.3, -0.25) is 14.2 Å². The zero-order chi connectivity index (χ0) is 17.8.